The first-order valence-electron chi connectivity index (χ1n) is 8.29. The molecule has 1 amide bonds. The molecule has 114 valence electrons. The number of amides is 1. The summed E-state index contributed by atoms with van der Waals surface area (Å²) in [5.74, 6) is 0.550. The van der Waals surface area contributed by atoms with E-state index in [9.17, 15) is 4.79 Å². The smallest absolute Gasteiger partial charge is 0.227 e. The molecule has 0 radical (unpaired) electrons. The van der Waals surface area contributed by atoms with Gasteiger partial charge in [0.2, 0.25) is 5.91 Å². The van der Waals surface area contributed by atoms with E-state index in [2.05, 4.69) is 36.2 Å². The standard InChI is InChI=1S/C18H26N2O/c1-3-13(2)20(12-14-7-5-4-6-8-14)18(21)16-11-15-9-10-17(16)19-15/h4-8,13,15-17,19H,3,9-12H2,1-2H3. The highest BCUT2D eigenvalue weighted by molar-refractivity contribution is 5.80. The van der Waals surface area contributed by atoms with Crippen LogP contribution in [0.2, 0.25) is 0 Å². The van der Waals surface area contributed by atoms with Crippen molar-refractivity contribution in [3.63, 3.8) is 0 Å². The van der Waals surface area contributed by atoms with E-state index in [1.54, 1.807) is 0 Å². The number of benzene rings is 1. The summed E-state index contributed by atoms with van der Waals surface area (Å²) in [5.41, 5.74) is 1.22. The predicted molar refractivity (Wildman–Crippen MR) is 84.8 cm³/mol. The lowest BCUT2D eigenvalue weighted by molar-refractivity contribution is -0.139. The predicted octanol–water partition coefficient (Wildman–Crippen LogP) is 2.95. The lowest BCUT2D eigenvalue weighted by Crippen LogP contribution is -2.44. The molecule has 2 bridgehead atoms. The van der Waals surface area contributed by atoms with Crippen LogP contribution >= 0.6 is 0 Å². The zero-order valence-corrected chi connectivity index (χ0v) is 13.1. The Bertz CT molecular complexity index is 487. The second kappa shape index (κ2) is 6.18. The topological polar surface area (TPSA) is 32.3 Å². The molecule has 21 heavy (non-hydrogen) atoms. The molecule has 2 aliphatic rings. The van der Waals surface area contributed by atoms with Gasteiger partial charge in [0.1, 0.15) is 0 Å². The molecule has 0 saturated carbocycles. The fourth-order valence-corrected chi connectivity index (χ4v) is 3.76. The molecule has 1 aromatic rings. The molecule has 0 aliphatic carbocycles. The second-order valence-electron chi connectivity index (χ2n) is 6.60. The molecule has 1 N–H and O–H groups in total. The molecule has 3 heteroatoms. The van der Waals surface area contributed by atoms with Gasteiger partial charge in [-0.1, -0.05) is 37.3 Å². The maximum Gasteiger partial charge on any atom is 0.227 e. The second-order valence-corrected chi connectivity index (χ2v) is 6.60. The van der Waals surface area contributed by atoms with Crippen molar-refractivity contribution < 1.29 is 4.79 Å². The highest BCUT2D eigenvalue weighted by atomic mass is 16.2. The van der Waals surface area contributed by atoms with Crippen LogP contribution in [0.15, 0.2) is 30.3 Å². The van der Waals surface area contributed by atoms with Crippen LogP contribution < -0.4 is 5.32 Å². The summed E-state index contributed by atoms with van der Waals surface area (Å²) in [6.45, 7) is 5.07. The molecular weight excluding hydrogens is 260 g/mol. The SMILES string of the molecule is CCC(C)N(Cc1ccccc1)C(=O)C1CC2CCC1N2. The minimum Gasteiger partial charge on any atom is -0.335 e. The van der Waals surface area contributed by atoms with Crippen molar-refractivity contribution in [2.45, 2.75) is 64.2 Å². The number of nitrogens with zero attached hydrogens (tertiary/aromatic N) is 1. The van der Waals surface area contributed by atoms with Crippen LogP contribution in [-0.2, 0) is 11.3 Å². The van der Waals surface area contributed by atoms with E-state index in [0.29, 0.717) is 24.0 Å². The number of fused-ring (bicyclic) bond motifs is 2. The van der Waals surface area contributed by atoms with E-state index < -0.39 is 0 Å². The van der Waals surface area contributed by atoms with Crippen molar-refractivity contribution in [2.24, 2.45) is 5.92 Å². The van der Waals surface area contributed by atoms with Crippen molar-refractivity contribution in [3.05, 3.63) is 35.9 Å². The van der Waals surface area contributed by atoms with E-state index in [1.807, 2.05) is 18.2 Å². The van der Waals surface area contributed by atoms with Crippen molar-refractivity contribution >= 4 is 5.91 Å². The third kappa shape index (κ3) is 2.98. The van der Waals surface area contributed by atoms with Gasteiger partial charge in [0, 0.05) is 24.7 Å². The summed E-state index contributed by atoms with van der Waals surface area (Å²) in [6, 6.07) is 11.7. The van der Waals surface area contributed by atoms with Gasteiger partial charge in [-0.15, -0.1) is 0 Å². The average molecular weight is 286 g/mol. The normalized spacial score (nSPS) is 28.6. The summed E-state index contributed by atoms with van der Waals surface area (Å²) in [4.78, 5) is 15.1. The van der Waals surface area contributed by atoms with Gasteiger partial charge in [-0.05, 0) is 38.2 Å². The van der Waals surface area contributed by atoms with E-state index in [0.717, 1.165) is 19.4 Å². The van der Waals surface area contributed by atoms with E-state index in [4.69, 9.17) is 0 Å². The van der Waals surface area contributed by atoms with Crippen LogP contribution in [0.25, 0.3) is 0 Å². The quantitative estimate of drug-likeness (QED) is 0.902. The molecule has 4 atom stereocenters. The zero-order chi connectivity index (χ0) is 14.8. The van der Waals surface area contributed by atoms with E-state index in [1.165, 1.54) is 18.4 Å². The summed E-state index contributed by atoms with van der Waals surface area (Å²) in [7, 11) is 0. The van der Waals surface area contributed by atoms with Gasteiger partial charge in [0.25, 0.3) is 0 Å². The molecular formula is C18H26N2O. The highest BCUT2D eigenvalue weighted by Crippen LogP contribution is 2.35. The first-order chi connectivity index (χ1) is 10.2. The Morgan fingerprint density at radius 2 is 2.10 bits per heavy atom. The number of carbonyl (C=O) groups excluding carboxylic acids is 1. The number of hydrogen-bond acceptors (Lipinski definition) is 2. The first kappa shape index (κ1) is 14.6. The minimum atomic E-state index is 0.196. The minimum absolute atomic E-state index is 0.196. The Kier molecular flexibility index (Phi) is 4.29. The van der Waals surface area contributed by atoms with Gasteiger partial charge in [-0.2, -0.15) is 0 Å². The van der Waals surface area contributed by atoms with Crippen LogP contribution in [0.1, 0.15) is 45.1 Å². The van der Waals surface area contributed by atoms with Gasteiger partial charge in [-0.25, -0.2) is 0 Å². The monoisotopic (exact) mass is 286 g/mol. The number of hydrogen-bond donors (Lipinski definition) is 1. The molecule has 3 nitrogen and oxygen atoms in total. The first-order valence-corrected chi connectivity index (χ1v) is 8.29. The molecule has 3 rings (SSSR count). The maximum atomic E-state index is 13.0. The van der Waals surface area contributed by atoms with Crippen molar-refractivity contribution in [1.82, 2.24) is 10.2 Å². The molecule has 2 fully saturated rings. The van der Waals surface area contributed by atoms with E-state index >= 15 is 0 Å². The van der Waals surface area contributed by atoms with Crippen LogP contribution in [0.5, 0.6) is 0 Å². The molecule has 2 aliphatic heterocycles. The highest BCUT2D eigenvalue weighted by Gasteiger charge is 2.44. The van der Waals surface area contributed by atoms with Crippen molar-refractivity contribution in [2.75, 3.05) is 0 Å². The molecule has 0 spiro atoms. The van der Waals surface area contributed by atoms with Crippen molar-refractivity contribution in [3.8, 4) is 0 Å². The lowest BCUT2D eigenvalue weighted by Gasteiger charge is -2.33. The van der Waals surface area contributed by atoms with Crippen LogP contribution in [-0.4, -0.2) is 28.9 Å². The van der Waals surface area contributed by atoms with Crippen LogP contribution in [0.4, 0.5) is 0 Å². The Morgan fingerprint density at radius 3 is 2.67 bits per heavy atom. The van der Waals surface area contributed by atoms with Gasteiger partial charge < -0.3 is 10.2 Å². The molecule has 0 aromatic heterocycles. The number of carbonyl (C=O) groups is 1. The lowest BCUT2D eigenvalue weighted by atomic mass is 9.87. The summed E-state index contributed by atoms with van der Waals surface area (Å²) >= 11 is 0. The molecule has 2 saturated heterocycles. The van der Waals surface area contributed by atoms with Gasteiger partial charge >= 0.3 is 0 Å². The average Bonchev–Trinajstić information content (AvgIpc) is 3.15. The van der Waals surface area contributed by atoms with E-state index in [-0.39, 0.29) is 5.92 Å². The summed E-state index contributed by atoms with van der Waals surface area (Å²) < 4.78 is 0. The number of nitrogens with one attached hydrogen (secondary N) is 1. The van der Waals surface area contributed by atoms with Gasteiger partial charge in [0.15, 0.2) is 0 Å². The van der Waals surface area contributed by atoms with Crippen LogP contribution in [0.3, 0.4) is 0 Å². The summed E-state index contributed by atoms with van der Waals surface area (Å²) in [6.07, 6.45) is 4.45. The molecule has 4 unspecified atom stereocenters. The fraction of sp³-hybridized carbons (Fsp3) is 0.611. The van der Waals surface area contributed by atoms with Gasteiger partial charge in [0.05, 0.1) is 5.92 Å². The number of rotatable bonds is 5. The third-order valence-electron chi connectivity index (χ3n) is 5.22. The van der Waals surface area contributed by atoms with Gasteiger partial charge in [-0.3, -0.25) is 4.79 Å². The fourth-order valence-electron chi connectivity index (χ4n) is 3.76. The van der Waals surface area contributed by atoms with Crippen molar-refractivity contribution in [1.29, 1.82) is 0 Å². The summed E-state index contributed by atoms with van der Waals surface area (Å²) in [5, 5.41) is 3.59. The largest absolute Gasteiger partial charge is 0.335 e. The Balaban J connectivity index is 1.74. The molecule has 2 heterocycles. The Labute approximate surface area is 127 Å². The maximum absolute atomic E-state index is 13.0. The third-order valence-corrected chi connectivity index (χ3v) is 5.22. The Morgan fingerprint density at radius 1 is 1.33 bits per heavy atom. The Hall–Kier alpha value is -1.35. The van der Waals surface area contributed by atoms with Crippen LogP contribution in [0, 0.1) is 5.92 Å². The zero-order valence-electron chi connectivity index (χ0n) is 13.1. The molecule has 1 aromatic carbocycles.